The van der Waals surface area contributed by atoms with Crippen LogP contribution in [0.5, 0.6) is 0 Å². The predicted octanol–water partition coefficient (Wildman–Crippen LogP) is 1.30. The van der Waals surface area contributed by atoms with Gasteiger partial charge in [0.15, 0.2) is 0 Å². The fourth-order valence-corrected chi connectivity index (χ4v) is 1.64. The molecule has 0 amide bonds. The van der Waals surface area contributed by atoms with Gasteiger partial charge in [-0.25, -0.2) is 4.98 Å². The second-order valence-electron chi connectivity index (χ2n) is 4.34. The molecule has 0 radical (unpaired) electrons. The topological polar surface area (TPSA) is 64.8 Å². The molecule has 0 bridgehead atoms. The van der Waals surface area contributed by atoms with Crippen molar-refractivity contribution in [2.24, 2.45) is 0 Å². The molecule has 0 spiro atoms. The maximum absolute atomic E-state index is 11.2. The molecule has 0 saturated heterocycles. The molecule has 6 nitrogen and oxygen atoms in total. The fraction of sp³-hybridized carbons (Fsp3) is 0.692. The highest BCUT2D eigenvalue weighted by Gasteiger charge is 2.13. The minimum Gasteiger partial charge on any atom is -0.469 e. The van der Waals surface area contributed by atoms with Crippen LogP contribution in [-0.4, -0.2) is 49.8 Å². The summed E-state index contributed by atoms with van der Waals surface area (Å²) in [6.07, 6.45) is 0.346. The van der Waals surface area contributed by atoms with E-state index in [-0.39, 0.29) is 5.97 Å². The molecule has 0 aliphatic carbocycles. The summed E-state index contributed by atoms with van der Waals surface area (Å²) in [7, 11) is 3.04. The summed E-state index contributed by atoms with van der Waals surface area (Å²) in [4.78, 5) is 17.6. The first-order valence-electron chi connectivity index (χ1n) is 6.27. The van der Waals surface area contributed by atoms with Gasteiger partial charge in [-0.05, 0) is 13.8 Å². The number of oxazole rings is 1. The third-order valence-corrected chi connectivity index (χ3v) is 2.90. The standard InChI is InChI=1S/C13H22N2O4/c1-10-11(2)19-12(14-10)9-15(7-8-17-3)6-5-13(16)18-4/h5-9H2,1-4H3. The number of carbonyl (C=O) groups is 1. The molecule has 0 N–H and O–H groups in total. The van der Waals surface area contributed by atoms with E-state index >= 15 is 0 Å². The minimum atomic E-state index is -0.220. The maximum Gasteiger partial charge on any atom is 0.306 e. The van der Waals surface area contributed by atoms with Gasteiger partial charge in [0, 0.05) is 20.2 Å². The van der Waals surface area contributed by atoms with Crippen LogP contribution in [0.2, 0.25) is 0 Å². The summed E-state index contributed by atoms with van der Waals surface area (Å²) < 4.78 is 15.3. The Bertz CT molecular complexity index is 384. The zero-order chi connectivity index (χ0) is 14.3. The molecule has 1 aromatic rings. The minimum absolute atomic E-state index is 0.220. The van der Waals surface area contributed by atoms with Crippen LogP contribution in [0, 0.1) is 13.8 Å². The number of hydrogen-bond donors (Lipinski definition) is 0. The zero-order valence-corrected chi connectivity index (χ0v) is 12.1. The van der Waals surface area contributed by atoms with Crippen molar-refractivity contribution in [3.63, 3.8) is 0 Å². The number of aromatic nitrogens is 1. The summed E-state index contributed by atoms with van der Waals surface area (Å²) in [6.45, 7) is 6.27. The lowest BCUT2D eigenvalue weighted by Crippen LogP contribution is -2.29. The highest BCUT2D eigenvalue weighted by molar-refractivity contribution is 5.69. The zero-order valence-electron chi connectivity index (χ0n) is 12.1. The van der Waals surface area contributed by atoms with E-state index in [4.69, 9.17) is 9.15 Å². The number of methoxy groups -OCH3 is 2. The van der Waals surface area contributed by atoms with Crippen LogP contribution in [0.4, 0.5) is 0 Å². The molecule has 1 aromatic heterocycles. The van der Waals surface area contributed by atoms with Crippen molar-refractivity contribution in [1.82, 2.24) is 9.88 Å². The van der Waals surface area contributed by atoms with Gasteiger partial charge in [-0.15, -0.1) is 0 Å². The average Bonchev–Trinajstić information content (AvgIpc) is 2.71. The van der Waals surface area contributed by atoms with Crippen molar-refractivity contribution in [1.29, 1.82) is 0 Å². The van der Waals surface area contributed by atoms with Crippen LogP contribution in [0.3, 0.4) is 0 Å². The van der Waals surface area contributed by atoms with Gasteiger partial charge >= 0.3 is 5.97 Å². The third kappa shape index (κ3) is 5.40. The van der Waals surface area contributed by atoms with Crippen molar-refractivity contribution in [2.75, 3.05) is 33.9 Å². The second-order valence-corrected chi connectivity index (χ2v) is 4.34. The number of rotatable bonds is 8. The molecular formula is C13H22N2O4. The Morgan fingerprint density at radius 3 is 2.58 bits per heavy atom. The summed E-state index contributed by atoms with van der Waals surface area (Å²) in [6, 6.07) is 0. The van der Waals surface area contributed by atoms with E-state index in [2.05, 4.69) is 14.6 Å². The van der Waals surface area contributed by atoms with E-state index in [1.165, 1.54) is 7.11 Å². The van der Waals surface area contributed by atoms with Crippen molar-refractivity contribution < 1.29 is 18.7 Å². The van der Waals surface area contributed by atoms with Crippen molar-refractivity contribution >= 4 is 5.97 Å². The predicted molar refractivity (Wildman–Crippen MR) is 69.8 cm³/mol. The van der Waals surface area contributed by atoms with E-state index in [0.29, 0.717) is 38.6 Å². The van der Waals surface area contributed by atoms with Gasteiger partial charge in [-0.1, -0.05) is 0 Å². The van der Waals surface area contributed by atoms with Crippen LogP contribution >= 0.6 is 0 Å². The number of carbonyl (C=O) groups excluding carboxylic acids is 1. The normalized spacial score (nSPS) is 11.0. The number of nitrogens with zero attached hydrogens (tertiary/aromatic N) is 2. The van der Waals surface area contributed by atoms with Crippen molar-refractivity contribution in [3.8, 4) is 0 Å². The number of ether oxygens (including phenoxy) is 2. The van der Waals surface area contributed by atoms with E-state index in [1.54, 1.807) is 7.11 Å². The summed E-state index contributed by atoms with van der Waals surface area (Å²) in [5, 5.41) is 0. The molecule has 0 unspecified atom stereocenters. The highest BCUT2D eigenvalue weighted by Crippen LogP contribution is 2.11. The summed E-state index contributed by atoms with van der Waals surface area (Å²) >= 11 is 0. The van der Waals surface area contributed by atoms with Gasteiger partial charge in [0.1, 0.15) is 5.76 Å². The van der Waals surface area contributed by atoms with Gasteiger partial charge in [0.05, 0.1) is 32.4 Å². The second kappa shape index (κ2) is 7.91. The van der Waals surface area contributed by atoms with Gasteiger partial charge in [0.25, 0.3) is 0 Å². The van der Waals surface area contributed by atoms with Crippen molar-refractivity contribution in [3.05, 3.63) is 17.3 Å². The van der Waals surface area contributed by atoms with E-state index in [9.17, 15) is 4.79 Å². The van der Waals surface area contributed by atoms with Gasteiger partial charge < -0.3 is 13.9 Å². The SMILES string of the molecule is COCCN(CCC(=O)OC)Cc1nc(C)c(C)o1. The smallest absolute Gasteiger partial charge is 0.306 e. The Hall–Kier alpha value is -1.40. The molecule has 0 fully saturated rings. The number of esters is 1. The van der Waals surface area contributed by atoms with E-state index in [0.717, 1.165) is 11.5 Å². The van der Waals surface area contributed by atoms with Crippen LogP contribution in [0.15, 0.2) is 4.42 Å². The van der Waals surface area contributed by atoms with Crippen LogP contribution < -0.4 is 0 Å². The van der Waals surface area contributed by atoms with Crippen molar-refractivity contribution in [2.45, 2.75) is 26.8 Å². The lowest BCUT2D eigenvalue weighted by Gasteiger charge is -2.19. The Labute approximate surface area is 113 Å². The molecule has 6 heteroatoms. The monoisotopic (exact) mass is 270 g/mol. The molecule has 0 atom stereocenters. The molecule has 19 heavy (non-hydrogen) atoms. The lowest BCUT2D eigenvalue weighted by atomic mass is 10.3. The van der Waals surface area contributed by atoms with Gasteiger partial charge in [-0.2, -0.15) is 0 Å². The Morgan fingerprint density at radius 1 is 1.32 bits per heavy atom. The van der Waals surface area contributed by atoms with Crippen LogP contribution in [-0.2, 0) is 20.8 Å². The largest absolute Gasteiger partial charge is 0.469 e. The molecular weight excluding hydrogens is 248 g/mol. The first kappa shape index (κ1) is 15.7. The lowest BCUT2D eigenvalue weighted by molar-refractivity contribution is -0.141. The van der Waals surface area contributed by atoms with E-state index in [1.807, 2.05) is 13.8 Å². The Balaban J connectivity index is 2.55. The average molecular weight is 270 g/mol. The first-order valence-corrected chi connectivity index (χ1v) is 6.27. The Kier molecular flexibility index (Phi) is 6.52. The fourth-order valence-electron chi connectivity index (χ4n) is 1.64. The summed E-state index contributed by atoms with van der Waals surface area (Å²) in [5.41, 5.74) is 0.898. The molecule has 0 aliphatic rings. The first-order chi connectivity index (χ1) is 9.06. The number of hydrogen-bond acceptors (Lipinski definition) is 6. The molecule has 108 valence electrons. The summed E-state index contributed by atoms with van der Waals surface area (Å²) in [5.74, 6) is 1.27. The molecule has 0 aromatic carbocycles. The van der Waals surface area contributed by atoms with E-state index < -0.39 is 0 Å². The maximum atomic E-state index is 11.2. The van der Waals surface area contributed by atoms with Crippen LogP contribution in [0.25, 0.3) is 0 Å². The van der Waals surface area contributed by atoms with Crippen LogP contribution in [0.1, 0.15) is 23.8 Å². The Morgan fingerprint density at radius 2 is 2.05 bits per heavy atom. The van der Waals surface area contributed by atoms with Gasteiger partial charge in [-0.3, -0.25) is 9.69 Å². The molecule has 0 saturated carbocycles. The molecule has 1 rings (SSSR count). The van der Waals surface area contributed by atoms with Gasteiger partial charge in [0.2, 0.25) is 5.89 Å². The highest BCUT2D eigenvalue weighted by atomic mass is 16.5. The number of aryl methyl sites for hydroxylation is 2. The molecule has 1 heterocycles. The quantitative estimate of drug-likeness (QED) is 0.663. The molecule has 0 aliphatic heterocycles. The third-order valence-electron chi connectivity index (χ3n) is 2.90.